The van der Waals surface area contributed by atoms with Gasteiger partial charge in [0.05, 0.1) is 17.3 Å². The first-order chi connectivity index (χ1) is 11.6. The van der Waals surface area contributed by atoms with Gasteiger partial charge in [0, 0.05) is 16.7 Å². The maximum atomic E-state index is 11.9. The van der Waals surface area contributed by atoms with E-state index >= 15 is 0 Å². The standard InChI is InChI=1S/C17H13Cl2N3O2/c18-12-6-7-15(14(19)8-12)21-17(23)20-10-13-9-16(22-24-13)11-4-2-1-3-5-11/h1-9H,10H2,(H2,20,21,23). The Kier molecular flexibility index (Phi) is 5.03. The van der Waals surface area contributed by atoms with Gasteiger partial charge in [0.25, 0.3) is 0 Å². The number of nitrogens with one attached hydrogen (secondary N) is 2. The summed E-state index contributed by atoms with van der Waals surface area (Å²) in [5.41, 5.74) is 2.14. The molecule has 0 aliphatic carbocycles. The van der Waals surface area contributed by atoms with Gasteiger partial charge in [-0.2, -0.15) is 0 Å². The van der Waals surface area contributed by atoms with Crippen LogP contribution in [0, 0.1) is 0 Å². The predicted octanol–water partition coefficient (Wildman–Crippen LogP) is 4.97. The highest BCUT2D eigenvalue weighted by molar-refractivity contribution is 6.36. The molecule has 0 saturated heterocycles. The molecule has 5 nitrogen and oxygen atoms in total. The van der Waals surface area contributed by atoms with E-state index in [4.69, 9.17) is 27.7 Å². The third-order valence-electron chi connectivity index (χ3n) is 3.23. The molecule has 7 heteroatoms. The summed E-state index contributed by atoms with van der Waals surface area (Å²) >= 11 is 11.8. The Morgan fingerprint density at radius 3 is 2.62 bits per heavy atom. The van der Waals surface area contributed by atoms with Crippen LogP contribution in [0.5, 0.6) is 0 Å². The van der Waals surface area contributed by atoms with E-state index in [-0.39, 0.29) is 6.54 Å². The SMILES string of the molecule is O=C(NCc1cc(-c2ccccc2)no1)Nc1ccc(Cl)cc1Cl. The van der Waals surface area contributed by atoms with E-state index in [1.54, 1.807) is 24.3 Å². The normalized spacial score (nSPS) is 10.4. The van der Waals surface area contributed by atoms with Crippen molar-refractivity contribution >= 4 is 34.9 Å². The highest BCUT2D eigenvalue weighted by Crippen LogP contribution is 2.25. The zero-order valence-corrected chi connectivity index (χ0v) is 13.9. The molecule has 3 aromatic rings. The van der Waals surface area contributed by atoms with Crippen molar-refractivity contribution in [2.75, 3.05) is 5.32 Å². The number of hydrogen-bond acceptors (Lipinski definition) is 3. The molecule has 0 unspecified atom stereocenters. The smallest absolute Gasteiger partial charge is 0.319 e. The molecule has 0 spiro atoms. The molecule has 24 heavy (non-hydrogen) atoms. The summed E-state index contributed by atoms with van der Waals surface area (Å²) in [5.74, 6) is 0.547. The fourth-order valence-corrected chi connectivity index (χ4v) is 2.52. The monoisotopic (exact) mass is 361 g/mol. The van der Waals surface area contributed by atoms with E-state index in [1.807, 2.05) is 30.3 Å². The van der Waals surface area contributed by atoms with Crippen molar-refractivity contribution in [3.63, 3.8) is 0 Å². The summed E-state index contributed by atoms with van der Waals surface area (Å²) in [7, 11) is 0. The number of hydrogen-bond donors (Lipinski definition) is 2. The molecule has 0 radical (unpaired) electrons. The van der Waals surface area contributed by atoms with E-state index in [0.717, 1.165) is 5.56 Å². The molecule has 0 saturated carbocycles. The predicted molar refractivity (Wildman–Crippen MR) is 94.3 cm³/mol. The minimum absolute atomic E-state index is 0.205. The van der Waals surface area contributed by atoms with Crippen LogP contribution in [0.15, 0.2) is 59.1 Å². The molecule has 2 N–H and O–H groups in total. The fraction of sp³-hybridized carbons (Fsp3) is 0.0588. The Morgan fingerprint density at radius 2 is 1.88 bits per heavy atom. The molecule has 122 valence electrons. The highest BCUT2D eigenvalue weighted by atomic mass is 35.5. The molecule has 1 aromatic heterocycles. The lowest BCUT2D eigenvalue weighted by molar-refractivity contribution is 0.250. The first-order valence-corrected chi connectivity index (χ1v) is 7.88. The van der Waals surface area contributed by atoms with Crippen LogP contribution in [-0.2, 0) is 6.54 Å². The molecule has 0 bridgehead atoms. The average molecular weight is 362 g/mol. The minimum Gasteiger partial charge on any atom is -0.359 e. The molecule has 0 atom stereocenters. The number of halogens is 2. The van der Waals surface area contributed by atoms with E-state index < -0.39 is 6.03 Å². The first-order valence-electron chi connectivity index (χ1n) is 7.13. The van der Waals surface area contributed by atoms with E-state index in [0.29, 0.717) is 27.2 Å². The van der Waals surface area contributed by atoms with Crippen molar-refractivity contribution in [3.05, 3.63) is 70.4 Å². The van der Waals surface area contributed by atoms with Gasteiger partial charge in [-0.25, -0.2) is 4.79 Å². The zero-order valence-electron chi connectivity index (χ0n) is 12.4. The second-order valence-corrected chi connectivity index (χ2v) is 5.82. The zero-order chi connectivity index (χ0) is 16.9. The first kappa shape index (κ1) is 16.4. The van der Waals surface area contributed by atoms with Gasteiger partial charge >= 0.3 is 6.03 Å². The van der Waals surface area contributed by atoms with Crippen molar-refractivity contribution in [2.45, 2.75) is 6.54 Å². The molecular weight excluding hydrogens is 349 g/mol. The number of anilines is 1. The summed E-state index contributed by atoms with van der Waals surface area (Å²) < 4.78 is 5.22. The van der Waals surface area contributed by atoms with Crippen LogP contribution in [0.1, 0.15) is 5.76 Å². The molecule has 3 rings (SSSR count). The minimum atomic E-state index is -0.406. The molecular formula is C17H13Cl2N3O2. The number of nitrogens with zero attached hydrogens (tertiary/aromatic N) is 1. The largest absolute Gasteiger partial charge is 0.359 e. The Bertz CT molecular complexity index is 850. The summed E-state index contributed by atoms with van der Waals surface area (Å²) in [5, 5.41) is 10.2. The maximum absolute atomic E-state index is 11.9. The Morgan fingerprint density at radius 1 is 1.08 bits per heavy atom. The van der Waals surface area contributed by atoms with Gasteiger partial charge in [-0.3, -0.25) is 0 Å². The molecule has 2 aromatic carbocycles. The van der Waals surface area contributed by atoms with Crippen LogP contribution in [0.4, 0.5) is 10.5 Å². The van der Waals surface area contributed by atoms with E-state index in [2.05, 4.69) is 15.8 Å². The lowest BCUT2D eigenvalue weighted by Crippen LogP contribution is -2.28. The van der Waals surface area contributed by atoms with Gasteiger partial charge in [-0.15, -0.1) is 0 Å². The van der Waals surface area contributed by atoms with Crippen molar-refractivity contribution < 1.29 is 9.32 Å². The summed E-state index contributed by atoms with van der Waals surface area (Å²) in [6.45, 7) is 0.205. The Balaban J connectivity index is 1.58. The Hall–Kier alpha value is -2.50. The average Bonchev–Trinajstić information content (AvgIpc) is 3.05. The van der Waals surface area contributed by atoms with E-state index in [9.17, 15) is 4.79 Å². The highest BCUT2D eigenvalue weighted by Gasteiger charge is 2.09. The number of amides is 2. The van der Waals surface area contributed by atoms with Crippen molar-refractivity contribution in [1.29, 1.82) is 0 Å². The van der Waals surface area contributed by atoms with E-state index in [1.165, 1.54) is 0 Å². The topological polar surface area (TPSA) is 67.2 Å². The van der Waals surface area contributed by atoms with Crippen molar-refractivity contribution in [3.8, 4) is 11.3 Å². The van der Waals surface area contributed by atoms with Crippen LogP contribution in [0.2, 0.25) is 10.0 Å². The molecule has 0 aliphatic rings. The van der Waals surface area contributed by atoms with Crippen molar-refractivity contribution in [1.82, 2.24) is 10.5 Å². The summed E-state index contributed by atoms with van der Waals surface area (Å²) in [4.78, 5) is 11.9. The van der Waals surface area contributed by atoms with Gasteiger partial charge in [-0.05, 0) is 18.2 Å². The molecule has 2 amide bonds. The fourth-order valence-electron chi connectivity index (χ4n) is 2.07. The van der Waals surface area contributed by atoms with Gasteiger partial charge in [0.1, 0.15) is 5.69 Å². The van der Waals surface area contributed by atoms with Crippen LogP contribution >= 0.6 is 23.2 Å². The summed E-state index contributed by atoms with van der Waals surface area (Å²) in [6, 6.07) is 15.9. The van der Waals surface area contributed by atoms with Gasteiger partial charge in [-0.1, -0.05) is 58.7 Å². The van der Waals surface area contributed by atoms with Gasteiger partial charge in [0.2, 0.25) is 0 Å². The molecule has 0 aliphatic heterocycles. The van der Waals surface area contributed by atoms with Gasteiger partial charge in [0.15, 0.2) is 5.76 Å². The number of aromatic nitrogens is 1. The third-order valence-corrected chi connectivity index (χ3v) is 3.78. The van der Waals surface area contributed by atoms with Gasteiger partial charge < -0.3 is 15.2 Å². The number of carbonyl (C=O) groups is 1. The molecule has 0 fully saturated rings. The second kappa shape index (κ2) is 7.38. The van der Waals surface area contributed by atoms with Crippen LogP contribution in [0.25, 0.3) is 11.3 Å². The lowest BCUT2D eigenvalue weighted by atomic mass is 10.1. The van der Waals surface area contributed by atoms with Crippen molar-refractivity contribution in [2.24, 2.45) is 0 Å². The number of rotatable bonds is 4. The lowest BCUT2D eigenvalue weighted by Gasteiger charge is -2.08. The summed E-state index contributed by atoms with van der Waals surface area (Å²) in [6.07, 6.45) is 0. The number of carbonyl (C=O) groups excluding carboxylic acids is 1. The third kappa shape index (κ3) is 4.07. The molecule has 1 heterocycles. The maximum Gasteiger partial charge on any atom is 0.319 e. The van der Waals surface area contributed by atoms with Crippen LogP contribution < -0.4 is 10.6 Å². The van der Waals surface area contributed by atoms with Crippen LogP contribution in [-0.4, -0.2) is 11.2 Å². The second-order valence-electron chi connectivity index (χ2n) is 4.98. The Labute approximate surface area is 148 Å². The quantitative estimate of drug-likeness (QED) is 0.689. The number of benzene rings is 2. The van der Waals surface area contributed by atoms with Crippen LogP contribution in [0.3, 0.4) is 0 Å². The number of urea groups is 1.